The molecule has 0 bridgehead atoms. The number of rotatable bonds is 8. The lowest BCUT2D eigenvalue weighted by molar-refractivity contribution is -0.116. The minimum Gasteiger partial charge on any atom is -0.377 e. The molecule has 4 rings (SSSR count). The van der Waals surface area contributed by atoms with E-state index in [1.54, 1.807) is 6.07 Å². The quantitative estimate of drug-likeness (QED) is 0.326. The van der Waals surface area contributed by atoms with E-state index in [4.69, 9.17) is 0 Å². The maximum atomic E-state index is 13.6. The summed E-state index contributed by atoms with van der Waals surface area (Å²) >= 11 is 0. The molecule has 0 aliphatic rings. The van der Waals surface area contributed by atoms with Crippen molar-refractivity contribution < 1.29 is 9.59 Å². The monoisotopic (exact) mass is 477 g/mol. The van der Waals surface area contributed by atoms with E-state index in [1.165, 1.54) is 0 Å². The van der Waals surface area contributed by atoms with Crippen LogP contribution in [0.2, 0.25) is 0 Å². The van der Waals surface area contributed by atoms with Crippen molar-refractivity contribution in [3.05, 3.63) is 131 Å². The second kappa shape index (κ2) is 11.4. The largest absolute Gasteiger partial charge is 0.377 e. The van der Waals surface area contributed by atoms with E-state index in [9.17, 15) is 9.59 Å². The Labute approximate surface area is 212 Å². The summed E-state index contributed by atoms with van der Waals surface area (Å²) in [6.07, 6.45) is 0. The first-order valence-electron chi connectivity index (χ1n) is 12.0. The summed E-state index contributed by atoms with van der Waals surface area (Å²) in [4.78, 5) is 28.8. The molecule has 36 heavy (non-hydrogen) atoms. The second-order valence-electron chi connectivity index (χ2n) is 8.98. The molecular weight excluding hydrogens is 446 g/mol. The maximum Gasteiger partial charge on any atom is 0.253 e. The van der Waals surface area contributed by atoms with Crippen molar-refractivity contribution in [3.63, 3.8) is 0 Å². The summed E-state index contributed by atoms with van der Waals surface area (Å²) in [5, 5.41) is 6.13. The molecule has 0 saturated heterocycles. The standard InChI is InChI=1S/C31H31N3O2/c1-22(23-13-7-4-8-14-23)32-30(35)27-21-26(19-20-28(27)34(2)3)33-31(36)29(24-15-9-5-10-16-24)25-17-11-6-12-18-25/h4-22,29H,1-3H3,(H,32,35)(H,33,36). The van der Waals surface area contributed by atoms with Crippen molar-refractivity contribution in [2.24, 2.45) is 0 Å². The summed E-state index contributed by atoms with van der Waals surface area (Å²) in [5.74, 6) is -0.834. The lowest BCUT2D eigenvalue weighted by atomic mass is 9.90. The molecule has 4 aromatic rings. The maximum absolute atomic E-state index is 13.6. The van der Waals surface area contributed by atoms with Crippen LogP contribution in [0.3, 0.4) is 0 Å². The number of carbonyl (C=O) groups is 2. The number of anilines is 2. The van der Waals surface area contributed by atoms with E-state index in [1.807, 2.05) is 129 Å². The van der Waals surface area contributed by atoms with Gasteiger partial charge < -0.3 is 15.5 Å². The van der Waals surface area contributed by atoms with Gasteiger partial charge in [0.2, 0.25) is 5.91 Å². The molecule has 2 amide bonds. The van der Waals surface area contributed by atoms with Crippen molar-refractivity contribution in [1.82, 2.24) is 5.32 Å². The van der Waals surface area contributed by atoms with Gasteiger partial charge in [-0.15, -0.1) is 0 Å². The predicted molar refractivity (Wildman–Crippen MR) is 146 cm³/mol. The number of carbonyl (C=O) groups excluding carboxylic acids is 2. The van der Waals surface area contributed by atoms with Gasteiger partial charge in [0.05, 0.1) is 17.5 Å². The molecule has 0 aliphatic heterocycles. The van der Waals surface area contributed by atoms with Gasteiger partial charge in [-0.05, 0) is 41.8 Å². The van der Waals surface area contributed by atoms with Crippen LogP contribution in [-0.4, -0.2) is 25.9 Å². The number of nitrogens with zero attached hydrogens (tertiary/aromatic N) is 1. The summed E-state index contributed by atoms with van der Waals surface area (Å²) in [6.45, 7) is 1.96. The van der Waals surface area contributed by atoms with Crippen LogP contribution >= 0.6 is 0 Å². The number of hydrogen-bond donors (Lipinski definition) is 2. The minimum absolute atomic E-state index is 0.158. The summed E-state index contributed by atoms with van der Waals surface area (Å²) in [6, 6.07) is 34.5. The van der Waals surface area contributed by atoms with Crippen LogP contribution in [0.5, 0.6) is 0 Å². The smallest absolute Gasteiger partial charge is 0.253 e. The zero-order valence-corrected chi connectivity index (χ0v) is 20.8. The summed E-state index contributed by atoms with van der Waals surface area (Å²) < 4.78 is 0. The van der Waals surface area contributed by atoms with Gasteiger partial charge in [-0.25, -0.2) is 0 Å². The van der Waals surface area contributed by atoms with Crippen molar-refractivity contribution >= 4 is 23.2 Å². The molecule has 1 atom stereocenters. The molecule has 0 heterocycles. The van der Waals surface area contributed by atoms with Crippen molar-refractivity contribution in [3.8, 4) is 0 Å². The Hall–Kier alpha value is -4.38. The average molecular weight is 478 g/mol. The molecular formula is C31H31N3O2. The van der Waals surface area contributed by atoms with Gasteiger partial charge in [0.15, 0.2) is 0 Å². The molecule has 0 saturated carbocycles. The van der Waals surface area contributed by atoms with E-state index in [-0.39, 0.29) is 17.9 Å². The Balaban J connectivity index is 1.61. The molecule has 0 spiro atoms. The topological polar surface area (TPSA) is 61.4 Å². The molecule has 182 valence electrons. The number of amides is 2. The van der Waals surface area contributed by atoms with E-state index in [2.05, 4.69) is 10.6 Å². The van der Waals surface area contributed by atoms with Gasteiger partial charge >= 0.3 is 0 Å². The highest BCUT2D eigenvalue weighted by Crippen LogP contribution is 2.28. The Morgan fingerprint density at radius 3 is 1.69 bits per heavy atom. The Morgan fingerprint density at radius 1 is 0.694 bits per heavy atom. The Morgan fingerprint density at radius 2 is 1.19 bits per heavy atom. The van der Waals surface area contributed by atoms with Gasteiger partial charge in [-0.3, -0.25) is 9.59 Å². The number of hydrogen-bond acceptors (Lipinski definition) is 3. The second-order valence-corrected chi connectivity index (χ2v) is 8.98. The lowest BCUT2D eigenvalue weighted by Gasteiger charge is -2.22. The number of nitrogens with one attached hydrogen (secondary N) is 2. The van der Waals surface area contributed by atoms with Crippen LogP contribution in [-0.2, 0) is 4.79 Å². The molecule has 4 aromatic carbocycles. The Kier molecular flexibility index (Phi) is 7.81. The first-order valence-corrected chi connectivity index (χ1v) is 12.0. The van der Waals surface area contributed by atoms with E-state index < -0.39 is 5.92 Å². The minimum atomic E-state index is -0.476. The van der Waals surface area contributed by atoms with Crippen LogP contribution in [0.15, 0.2) is 109 Å². The van der Waals surface area contributed by atoms with Crippen LogP contribution < -0.4 is 15.5 Å². The fourth-order valence-electron chi connectivity index (χ4n) is 4.29. The van der Waals surface area contributed by atoms with Gasteiger partial charge in [0.25, 0.3) is 5.91 Å². The van der Waals surface area contributed by atoms with Crippen molar-refractivity contribution in [2.75, 3.05) is 24.3 Å². The van der Waals surface area contributed by atoms with Gasteiger partial charge in [0.1, 0.15) is 0 Å². The average Bonchev–Trinajstić information content (AvgIpc) is 2.90. The summed E-state index contributed by atoms with van der Waals surface area (Å²) in [5.41, 5.74) is 4.67. The van der Waals surface area contributed by atoms with Crippen LogP contribution in [0.1, 0.15) is 45.9 Å². The normalized spacial score (nSPS) is 11.6. The van der Waals surface area contributed by atoms with Crippen molar-refractivity contribution in [1.29, 1.82) is 0 Å². The molecule has 0 aliphatic carbocycles. The van der Waals surface area contributed by atoms with Crippen LogP contribution in [0.25, 0.3) is 0 Å². The lowest BCUT2D eigenvalue weighted by Crippen LogP contribution is -2.29. The third-order valence-corrected chi connectivity index (χ3v) is 6.17. The van der Waals surface area contributed by atoms with Gasteiger partial charge in [0, 0.05) is 25.5 Å². The molecule has 2 N–H and O–H groups in total. The zero-order valence-electron chi connectivity index (χ0n) is 20.8. The van der Waals surface area contributed by atoms with Crippen LogP contribution in [0.4, 0.5) is 11.4 Å². The van der Waals surface area contributed by atoms with E-state index in [0.717, 1.165) is 22.4 Å². The molecule has 5 nitrogen and oxygen atoms in total. The SMILES string of the molecule is CC(NC(=O)c1cc(NC(=O)C(c2ccccc2)c2ccccc2)ccc1N(C)C)c1ccccc1. The van der Waals surface area contributed by atoms with Crippen LogP contribution in [0, 0.1) is 0 Å². The third-order valence-electron chi connectivity index (χ3n) is 6.17. The fourth-order valence-corrected chi connectivity index (χ4v) is 4.29. The Bertz CT molecular complexity index is 1270. The van der Waals surface area contributed by atoms with Gasteiger partial charge in [-0.1, -0.05) is 91.0 Å². The highest BCUT2D eigenvalue weighted by molar-refractivity contribution is 6.03. The first kappa shape index (κ1) is 24.7. The fraction of sp³-hybridized carbons (Fsp3) is 0.161. The first-order chi connectivity index (χ1) is 17.4. The molecule has 0 radical (unpaired) electrons. The molecule has 0 aromatic heterocycles. The molecule has 0 fully saturated rings. The highest BCUT2D eigenvalue weighted by Gasteiger charge is 2.24. The predicted octanol–water partition coefficient (Wildman–Crippen LogP) is 6.01. The summed E-state index contributed by atoms with van der Waals surface area (Å²) in [7, 11) is 3.79. The van der Waals surface area contributed by atoms with Crippen molar-refractivity contribution in [2.45, 2.75) is 18.9 Å². The van der Waals surface area contributed by atoms with E-state index >= 15 is 0 Å². The van der Waals surface area contributed by atoms with Gasteiger partial charge in [-0.2, -0.15) is 0 Å². The third kappa shape index (κ3) is 5.81. The highest BCUT2D eigenvalue weighted by atomic mass is 16.2. The zero-order chi connectivity index (χ0) is 25.5. The van der Waals surface area contributed by atoms with E-state index in [0.29, 0.717) is 11.3 Å². The molecule has 5 heteroatoms. The molecule has 1 unspecified atom stereocenters. The number of benzene rings is 4.